The van der Waals surface area contributed by atoms with Crippen LogP contribution in [0.3, 0.4) is 0 Å². The third kappa shape index (κ3) is 2.75. The molecule has 4 aromatic rings. The van der Waals surface area contributed by atoms with Crippen molar-refractivity contribution in [1.82, 2.24) is 14.8 Å². The van der Waals surface area contributed by atoms with Crippen molar-refractivity contribution in [3.63, 3.8) is 0 Å². The molecule has 0 bridgehead atoms. The van der Waals surface area contributed by atoms with Crippen LogP contribution in [0.25, 0.3) is 5.70 Å². The molecule has 5 nitrogen and oxygen atoms in total. The molecule has 3 heterocycles. The summed E-state index contributed by atoms with van der Waals surface area (Å²) in [6, 6.07) is 22.6. The average molecular weight is 410 g/mol. The molecule has 3 aromatic carbocycles. The fourth-order valence-electron chi connectivity index (χ4n) is 4.43. The number of rotatable bonds is 2. The van der Waals surface area contributed by atoms with E-state index < -0.39 is 6.10 Å². The lowest BCUT2D eigenvalue weighted by Crippen LogP contribution is -2.32. The second-order valence-corrected chi connectivity index (χ2v) is 7.81. The summed E-state index contributed by atoms with van der Waals surface area (Å²) in [5.41, 5.74) is 5.42. The van der Waals surface area contributed by atoms with Crippen LogP contribution in [0.5, 0.6) is 5.75 Å². The fraction of sp³-hybridized carbons (Fsp3) is 0.120. The van der Waals surface area contributed by atoms with E-state index in [1.807, 2.05) is 35.0 Å². The fourth-order valence-corrected chi connectivity index (χ4v) is 4.43. The summed E-state index contributed by atoms with van der Waals surface area (Å²) < 4.78 is 23.2. The van der Waals surface area contributed by atoms with Crippen LogP contribution in [0, 0.1) is 12.7 Å². The van der Waals surface area contributed by atoms with Gasteiger partial charge in [-0.1, -0.05) is 60.2 Å². The van der Waals surface area contributed by atoms with Gasteiger partial charge in [0.15, 0.2) is 6.10 Å². The van der Waals surface area contributed by atoms with Crippen LogP contribution in [0.15, 0.2) is 84.7 Å². The number of ether oxygens (including phenoxy) is 1. The van der Waals surface area contributed by atoms with Crippen LogP contribution < -0.4 is 10.1 Å². The zero-order valence-corrected chi connectivity index (χ0v) is 16.8. The average Bonchev–Trinajstić information content (AvgIpc) is 3.27. The molecule has 1 aromatic heterocycles. The second-order valence-electron chi connectivity index (χ2n) is 7.81. The quantitative estimate of drug-likeness (QED) is 0.488. The zero-order chi connectivity index (χ0) is 20.9. The molecule has 0 radical (unpaired) electrons. The van der Waals surface area contributed by atoms with E-state index in [1.165, 1.54) is 18.0 Å². The Balaban J connectivity index is 1.65. The molecule has 2 aliphatic heterocycles. The number of para-hydroxylation sites is 1. The first kappa shape index (κ1) is 17.9. The molecule has 6 rings (SSSR count). The van der Waals surface area contributed by atoms with Gasteiger partial charge in [0.05, 0.1) is 5.70 Å². The van der Waals surface area contributed by atoms with Gasteiger partial charge in [0.2, 0.25) is 5.95 Å². The van der Waals surface area contributed by atoms with Gasteiger partial charge in [0.25, 0.3) is 0 Å². The van der Waals surface area contributed by atoms with Crippen LogP contribution in [0.1, 0.15) is 34.4 Å². The Morgan fingerprint density at radius 2 is 1.74 bits per heavy atom. The standard InChI is InChI=1S/C25H19FN4O/c1-15-10-12-16(13-11-15)23-21-22(29-25-27-14-28-30(23)25)18-7-3-5-9-20(18)31-24(21)17-6-2-4-8-19(17)26/h2-14,23-24H,1H3,(H,27,28,29)/t23-,24-/m0/s1. The molecule has 0 saturated heterocycles. The van der Waals surface area contributed by atoms with Crippen molar-refractivity contribution in [1.29, 1.82) is 0 Å². The van der Waals surface area contributed by atoms with Crippen molar-refractivity contribution in [3.05, 3.63) is 113 Å². The Morgan fingerprint density at radius 3 is 2.58 bits per heavy atom. The molecule has 0 spiro atoms. The molecule has 0 aliphatic carbocycles. The van der Waals surface area contributed by atoms with E-state index in [0.29, 0.717) is 17.3 Å². The zero-order valence-electron chi connectivity index (χ0n) is 16.8. The third-order valence-electron chi connectivity index (χ3n) is 5.90. The van der Waals surface area contributed by atoms with Gasteiger partial charge in [-0.15, -0.1) is 0 Å². The Labute approximate surface area is 178 Å². The van der Waals surface area contributed by atoms with E-state index in [2.05, 4.69) is 46.6 Å². The smallest absolute Gasteiger partial charge is 0.226 e. The molecule has 0 unspecified atom stereocenters. The van der Waals surface area contributed by atoms with E-state index >= 15 is 0 Å². The van der Waals surface area contributed by atoms with Crippen molar-refractivity contribution < 1.29 is 9.13 Å². The van der Waals surface area contributed by atoms with Crippen LogP contribution in [0.4, 0.5) is 10.3 Å². The van der Waals surface area contributed by atoms with Gasteiger partial charge in [-0.2, -0.15) is 10.1 Å². The minimum atomic E-state index is -0.609. The van der Waals surface area contributed by atoms with Crippen molar-refractivity contribution in [3.8, 4) is 5.75 Å². The predicted octanol–water partition coefficient (Wildman–Crippen LogP) is 5.29. The summed E-state index contributed by atoms with van der Waals surface area (Å²) in [6.45, 7) is 2.06. The number of halogens is 1. The van der Waals surface area contributed by atoms with Crippen LogP contribution in [-0.4, -0.2) is 14.8 Å². The Hall–Kier alpha value is -3.93. The van der Waals surface area contributed by atoms with Gasteiger partial charge >= 0.3 is 0 Å². The normalized spacial score (nSPS) is 19.0. The van der Waals surface area contributed by atoms with Crippen molar-refractivity contribution in [2.45, 2.75) is 19.1 Å². The number of hydrogen-bond donors (Lipinski definition) is 1. The van der Waals surface area contributed by atoms with Crippen molar-refractivity contribution in [2.75, 3.05) is 5.32 Å². The van der Waals surface area contributed by atoms with Crippen LogP contribution >= 0.6 is 0 Å². The minimum absolute atomic E-state index is 0.285. The van der Waals surface area contributed by atoms with E-state index in [1.54, 1.807) is 12.1 Å². The van der Waals surface area contributed by atoms with Gasteiger partial charge < -0.3 is 10.1 Å². The number of anilines is 1. The van der Waals surface area contributed by atoms with Gasteiger partial charge in [0.1, 0.15) is 23.9 Å². The van der Waals surface area contributed by atoms with E-state index in [9.17, 15) is 4.39 Å². The molecule has 0 saturated carbocycles. The Bertz CT molecular complexity index is 1330. The van der Waals surface area contributed by atoms with Gasteiger partial charge in [-0.05, 0) is 30.7 Å². The summed E-state index contributed by atoms with van der Waals surface area (Å²) in [4.78, 5) is 4.42. The van der Waals surface area contributed by atoms with E-state index in [-0.39, 0.29) is 11.9 Å². The monoisotopic (exact) mass is 410 g/mol. The topological polar surface area (TPSA) is 52.0 Å². The molecule has 31 heavy (non-hydrogen) atoms. The molecular formula is C25H19FN4O. The lowest BCUT2D eigenvalue weighted by atomic mass is 9.84. The first-order valence-electron chi connectivity index (χ1n) is 10.2. The highest BCUT2D eigenvalue weighted by atomic mass is 19.1. The lowest BCUT2D eigenvalue weighted by Gasteiger charge is -2.39. The summed E-state index contributed by atoms with van der Waals surface area (Å²) >= 11 is 0. The first-order chi connectivity index (χ1) is 15.2. The predicted molar refractivity (Wildman–Crippen MR) is 116 cm³/mol. The number of hydrogen-bond acceptors (Lipinski definition) is 4. The second kappa shape index (κ2) is 6.80. The molecule has 0 amide bonds. The largest absolute Gasteiger partial charge is 0.480 e. The maximum absolute atomic E-state index is 15.0. The highest BCUT2D eigenvalue weighted by Gasteiger charge is 2.41. The third-order valence-corrected chi connectivity index (χ3v) is 5.90. The molecule has 152 valence electrons. The number of fused-ring (bicyclic) bond motifs is 3. The van der Waals surface area contributed by atoms with Crippen molar-refractivity contribution >= 4 is 11.6 Å². The lowest BCUT2D eigenvalue weighted by molar-refractivity contribution is 0.218. The molecule has 2 aliphatic rings. The molecule has 6 heteroatoms. The van der Waals surface area contributed by atoms with Crippen LogP contribution in [-0.2, 0) is 0 Å². The summed E-state index contributed by atoms with van der Waals surface area (Å²) in [5, 5.41) is 7.93. The molecule has 1 N–H and O–H groups in total. The molecule has 2 atom stereocenters. The number of aryl methyl sites for hydroxylation is 1. The minimum Gasteiger partial charge on any atom is -0.480 e. The highest BCUT2D eigenvalue weighted by molar-refractivity contribution is 5.85. The summed E-state index contributed by atoms with van der Waals surface area (Å²) in [6.07, 6.45) is 0.926. The van der Waals surface area contributed by atoms with Gasteiger partial charge in [-0.25, -0.2) is 9.07 Å². The highest BCUT2D eigenvalue weighted by Crippen LogP contribution is 2.50. The SMILES string of the molecule is Cc1ccc([C@H]2C3=C(Nc4ncnn42)c2ccccc2O[C@H]3c2ccccc2F)cc1. The van der Waals surface area contributed by atoms with Crippen molar-refractivity contribution in [2.24, 2.45) is 0 Å². The van der Waals surface area contributed by atoms with Gasteiger partial charge in [-0.3, -0.25) is 0 Å². The Morgan fingerprint density at radius 1 is 0.968 bits per heavy atom. The van der Waals surface area contributed by atoms with E-state index in [4.69, 9.17) is 4.74 Å². The number of benzene rings is 3. The van der Waals surface area contributed by atoms with Gasteiger partial charge in [0, 0.05) is 16.7 Å². The molecular weight excluding hydrogens is 391 g/mol. The first-order valence-corrected chi connectivity index (χ1v) is 10.2. The Kier molecular flexibility index (Phi) is 3.93. The van der Waals surface area contributed by atoms with Crippen LogP contribution in [0.2, 0.25) is 0 Å². The number of nitrogens with zero attached hydrogens (tertiary/aromatic N) is 3. The maximum Gasteiger partial charge on any atom is 0.226 e. The summed E-state index contributed by atoms with van der Waals surface area (Å²) in [7, 11) is 0. The summed E-state index contributed by atoms with van der Waals surface area (Å²) in [5.74, 6) is 1.05. The number of aromatic nitrogens is 3. The van der Waals surface area contributed by atoms with E-state index in [0.717, 1.165) is 22.4 Å². The maximum atomic E-state index is 15.0. The molecule has 0 fully saturated rings. The number of nitrogens with one attached hydrogen (secondary N) is 1.